The average Bonchev–Trinajstić information content (AvgIpc) is 2.48. The lowest BCUT2D eigenvalue weighted by Gasteiger charge is -2.11. The number of aliphatic hydroxyl groups is 1. The van der Waals surface area contributed by atoms with Crippen molar-refractivity contribution in [1.82, 2.24) is 15.0 Å². The van der Waals surface area contributed by atoms with Crippen LogP contribution in [0, 0.1) is 11.8 Å². The Balaban J connectivity index is 2.78. The number of hydrogen-bond donors (Lipinski definition) is 1. The Morgan fingerprint density at radius 3 is 2.85 bits per heavy atom. The summed E-state index contributed by atoms with van der Waals surface area (Å²) in [6.07, 6.45) is 2.17. The fraction of sp³-hybridized carbons (Fsp3) is 0.556. The molecular weight excluding hydrogens is 166 g/mol. The summed E-state index contributed by atoms with van der Waals surface area (Å²) in [6, 6.07) is 0. The summed E-state index contributed by atoms with van der Waals surface area (Å²) in [5.41, 5.74) is -0.353. The molecule has 1 aromatic rings. The van der Waals surface area contributed by atoms with Gasteiger partial charge < -0.3 is 5.11 Å². The Kier molecular flexibility index (Phi) is 2.69. The lowest BCUT2D eigenvalue weighted by Crippen LogP contribution is -2.19. The van der Waals surface area contributed by atoms with E-state index in [1.54, 1.807) is 20.2 Å². The Bertz CT molecular complexity index is 343. The van der Waals surface area contributed by atoms with Gasteiger partial charge in [0.25, 0.3) is 0 Å². The maximum absolute atomic E-state index is 9.56. The molecule has 0 bridgehead atoms. The highest BCUT2D eigenvalue weighted by molar-refractivity contribution is 5.27. The van der Waals surface area contributed by atoms with Gasteiger partial charge in [-0.05, 0) is 19.3 Å². The summed E-state index contributed by atoms with van der Waals surface area (Å²) in [6.45, 7) is 3.56. The van der Waals surface area contributed by atoms with Gasteiger partial charge in [-0.1, -0.05) is 12.8 Å². The van der Waals surface area contributed by atoms with Crippen molar-refractivity contribution < 1.29 is 5.11 Å². The first-order valence-corrected chi connectivity index (χ1v) is 4.15. The molecule has 0 aliphatic heterocycles. The van der Waals surface area contributed by atoms with Crippen molar-refractivity contribution in [2.24, 2.45) is 7.05 Å². The van der Waals surface area contributed by atoms with Crippen LogP contribution in [0.4, 0.5) is 0 Å². The molecule has 1 rings (SSSR count). The van der Waals surface area contributed by atoms with Gasteiger partial charge in [-0.15, -0.1) is 5.10 Å². The van der Waals surface area contributed by atoms with Gasteiger partial charge in [-0.3, -0.25) is 0 Å². The standard InChI is InChI=1S/C9H13N3O/c1-4-9(2,13)6-5-8-7-10-12(3)11-8/h7,13H,4H2,1-3H3. The third-order valence-corrected chi connectivity index (χ3v) is 1.75. The number of hydrogen-bond acceptors (Lipinski definition) is 3. The minimum absolute atomic E-state index is 0.580. The normalized spacial score (nSPS) is 14.5. The van der Waals surface area contributed by atoms with Crippen LogP contribution >= 0.6 is 0 Å². The highest BCUT2D eigenvalue weighted by Gasteiger charge is 2.12. The van der Waals surface area contributed by atoms with Crippen molar-refractivity contribution in [2.45, 2.75) is 25.9 Å². The third kappa shape index (κ3) is 2.88. The van der Waals surface area contributed by atoms with E-state index in [9.17, 15) is 5.11 Å². The summed E-state index contributed by atoms with van der Waals surface area (Å²) >= 11 is 0. The first-order chi connectivity index (χ1) is 6.03. The molecule has 0 aliphatic carbocycles. The lowest BCUT2D eigenvalue weighted by molar-refractivity contribution is 0.118. The van der Waals surface area contributed by atoms with Gasteiger partial charge in [0.2, 0.25) is 0 Å². The highest BCUT2D eigenvalue weighted by atomic mass is 16.3. The second-order valence-corrected chi connectivity index (χ2v) is 3.10. The second-order valence-electron chi connectivity index (χ2n) is 3.10. The van der Waals surface area contributed by atoms with Gasteiger partial charge in [0.05, 0.1) is 6.20 Å². The van der Waals surface area contributed by atoms with E-state index in [1.807, 2.05) is 6.92 Å². The third-order valence-electron chi connectivity index (χ3n) is 1.75. The van der Waals surface area contributed by atoms with E-state index in [0.717, 1.165) is 0 Å². The van der Waals surface area contributed by atoms with Gasteiger partial charge in [-0.25, -0.2) is 0 Å². The van der Waals surface area contributed by atoms with E-state index in [-0.39, 0.29) is 0 Å². The van der Waals surface area contributed by atoms with Gasteiger partial charge in [-0.2, -0.15) is 9.90 Å². The van der Waals surface area contributed by atoms with Crippen molar-refractivity contribution in [3.05, 3.63) is 11.9 Å². The number of rotatable bonds is 1. The van der Waals surface area contributed by atoms with Crippen molar-refractivity contribution in [3.8, 4) is 11.8 Å². The van der Waals surface area contributed by atoms with Crippen LogP contribution in [0.1, 0.15) is 26.0 Å². The molecule has 0 spiro atoms. The molecular formula is C9H13N3O. The van der Waals surface area contributed by atoms with Crippen LogP contribution in [0.2, 0.25) is 0 Å². The molecule has 1 atom stereocenters. The molecule has 0 aliphatic rings. The minimum Gasteiger partial charge on any atom is -0.378 e. The Morgan fingerprint density at radius 1 is 1.69 bits per heavy atom. The molecule has 0 saturated heterocycles. The van der Waals surface area contributed by atoms with Crippen LogP contribution in [0.25, 0.3) is 0 Å². The quantitative estimate of drug-likeness (QED) is 0.632. The van der Waals surface area contributed by atoms with Crippen molar-refractivity contribution in [1.29, 1.82) is 0 Å². The van der Waals surface area contributed by atoms with Crippen LogP contribution in [0.15, 0.2) is 6.20 Å². The van der Waals surface area contributed by atoms with Gasteiger partial charge >= 0.3 is 0 Å². The lowest BCUT2D eigenvalue weighted by atomic mass is 10.1. The molecule has 0 aromatic carbocycles. The molecule has 1 heterocycles. The molecule has 4 nitrogen and oxygen atoms in total. The molecule has 13 heavy (non-hydrogen) atoms. The SMILES string of the molecule is CCC(C)(O)C#Cc1cnn(C)n1. The van der Waals surface area contributed by atoms with Gasteiger partial charge in [0, 0.05) is 7.05 Å². The van der Waals surface area contributed by atoms with Crippen molar-refractivity contribution in [2.75, 3.05) is 0 Å². The Morgan fingerprint density at radius 2 is 2.38 bits per heavy atom. The maximum atomic E-state index is 9.56. The van der Waals surface area contributed by atoms with Crippen LogP contribution in [0.3, 0.4) is 0 Å². The average molecular weight is 179 g/mol. The van der Waals surface area contributed by atoms with E-state index in [4.69, 9.17) is 0 Å². The molecule has 0 radical (unpaired) electrons. The maximum Gasteiger partial charge on any atom is 0.155 e. The molecule has 1 unspecified atom stereocenters. The first kappa shape index (κ1) is 9.75. The molecule has 1 N–H and O–H groups in total. The van der Waals surface area contributed by atoms with Crippen molar-refractivity contribution in [3.63, 3.8) is 0 Å². The highest BCUT2D eigenvalue weighted by Crippen LogP contribution is 2.05. The summed E-state index contributed by atoms with van der Waals surface area (Å²) in [4.78, 5) is 1.44. The predicted molar refractivity (Wildman–Crippen MR) is 48.8 cm³/mol. The molecule has 0 amide bonds. The van der Waals surface area contributed by atoms with E-state index >= 15 is 0 Å². The van der Waals surface area contributed by atoms with Gasteiger partial charge in [0.15, 0.2) is 5.69 Å². The van der Waals surface area contributed by atoms with E-state index in [2.05, 4.69) is 22.0 Å². The smallest absolute Gasteiger partial charge is 0.155 e. The van der Waals surface area contributed by atoms with Crippen molar-refractivity contribution >= 4 is 0 Å². The van der Waals surface area contributed by atoms with Crippen LogP contribution in [0.5, 0.6) is 0 Å². The molecule has 1 aromatic heterocycles. The van der Waals surface area contributed by atoms with E-state index in [0.29, 0.717) is 12.1 Å². The summed E-state index contributed by atoms with van der Waals surface area (Å²) in [5.74, 6) is 5.49. The Hall–Kier alpha value is -1.34. The fourth-order valence-corrected chi connectivity index (χ4v) is 0.690. The summed E-state index contributed by atoms with van der Waals surface area (Å²) in [5, 5.41) is 17.4. The number of aryl methyl sites for hydroxylation is 1. The fourth-order valence-electron chi connectivity index (χ4n) is 0.690. The van der Waals surface area contributed by atoms with Crippen LogP contribution < -0.4 is 0 Å². The van der Waals surface area contributed by atoms with Crippen LogP contribution in [-0.2, 0) is 7.05 Å². The molecule has 0 saturated carbocycles. The number of nitrogens with zero attached hydrogens (tertiary/aromatic N) is 3. The molecule has 4 heteroatoms. The van der Waals surface area contributed by atoms with Gasteiger partial charge in [0.1, 0.15) is 5.60 Å². The topological polar surface area (TPSA) is 50.9 Å². The van der Waals surface area contributed by atoms with E-state index in [1.165, 1.54) is 4.80 Å². The zero-order valence-electron chi connectivity index (χ0n) is 8.07. The number of aromatic nitrogens is 3. The summed E-state index contributed by atoms with van der Waals surface area (Å²) in [7, 11) is 1.73. The van der Waals surface area contributed by atoms with Crippen LogP contribution in [-0.4, -0.2) is 25.7 Å². The summed E-state index contributed by atoms with van der Waals surface area (Å²) < 4.78 is 0. The zero-order chi connectivity index (χ0) is 9.90. The largest absolute Gasteiger partial charge is 0.378 e. The zero-order valence-corrected chi connectivity index (χ0v) is 8.07. The molecule has 0 fully saturated rings. The first-order valence-electron chi connectivity index (χ1n) is 4.15. The minimum atomic E-state index is -0.933. The monoisotopic (exact) mass is 179 g/mol. The van der Waals surface area contributed by atoms with E-state index < -0.39 is 5.60 Å². The predicted octanol–water partition coefficient (Wildman–Crippen LogP) is 0.328. The molecule has 70 valence electrons. The second kappa shape index (κ2) is 3.58. The Labute approximate surface area is 77.6 Å².